The van der Waals surface area contributed by atoms with Gasteiger partial charge in [0.15, 0.2) is 0 Å². The molecular weight excluding hydrogens is 320 g/mol. The van der Waals surface area contributed by atoms with Crippen molar-refractivity contribution in [2.45, 2.75) is 45.7 Å². The van der Waals surface area contributed by atoms with Gasteiger partial charge in [0.1, 0.15) is 4.47 Å². The van der Waals surface area contributed by atoms with E-state index in [4.69, 9.17) is 0 Å². The number of likely N-dealkylation sites (N-methyl/N-ethyl adjacent to an activating group) is 1. The highest BCUT2D eigenvalue weighted by molar-refractivity contribution is 9.10. The Morgan fingerprint density at radius 2 is 2.10 bits per heavy atom. The first kappa shape index (κ1) is 17.2. The quantitative estimate of drug-likeness (QED) is 0.825. The second-order valence-electron chi connectivity index (χ2n) is 5.81. The van der Waals surface area contributed by atoms with Crippen molar-refractivity contribution < 1.29 is 0 Å². The van der Waals surface area contributed by atoms with Gasteiger partial charge in [0, 0.05) is 18.6 Å². The van der Waals surface area contributed by atoms with Crippen LogP contribution in [0, 0.1) is 0 Å². The molecule has 0 saturated heterocycles. The minimum atomic E-state index is -0.0777. The number of anilines is 1. The van der Waals surface area contributed by atoms with Gasteiger partial charge in [-0.05, 0) is 50.3 Å². The summed E-state index contributed by atoms with van der Waals surface area (Å²) in [4.78, 5) is 14.3. The van der Waals surface area contributed by atoms with E-state index in [1.54, 1.807) is 6.20 Å². The van der Waals surface area contributed by atoms with Crippen molar-refractivity contribution in [3.63, 3.8) is 0 Å². The maximum Gasteiger partial charge on any atom is 0.283 e. The minimum absolute atomic E-state index is 0.00346. The first-order valence-corrected chi connectivity index (χ1v) is 7.76. The van der Waals surface area contributed by atoms with Crippen LogP contribution in [0.3, 0.4) is 0 Å². The summed E-state index contributed by atoms with van der Waals surface area (Å²) in [5.74, 6) is 0. The lowest BCUT2D eigenvalue weighted by molar-refractivity contribution is 0.210. The Bertz CT molecular complexity index is 496. The molecule has 0 aliphatic carbocycles. The summed E-state index contributed by atoms with van der Waals surface area (Å²) < 4.78 is 2.06. The molecule has 0 saturated carbocycles. The first-order chi connectivity index (χ1) is 9.29. The van der Waals surface area contributed by atoms with Crippen LogP contribution < -0.4 is 10.9 Å². The van der Waals surface area contributed by atoms with Crippen molar-refractivity contribution in [3.8, 4) is 0 Å². The summed E-state index contributed by atoms with van der Waals surface area (Å²) in [6.07, 6.45) is 3.72. The van der Waals surface area contributed by atoms with E-state index in [2.05, 4.69) is 52.0 Å². The van der Waals surface area contributed by atoms with E-state index < -0.39 is 0 Å². The van der Waals surface area contributed by atoms with Gasteiger partial charge in [-0.1, -0.05) is 13.3 Å². The first-order valence-electron chi connectivity index (χ1n) is 6.96. The van der Waals surface area contributed by atoms with Gasteiger partial charge >= 0.3 is 0 Å². The molecule has 0 atom stereocenters. The predicted molar refractivity (Wildman–Crippen MR) is 87.4 cm³/mol. The highest BCUT2D eigenvalue weighted by Gasteiger charge is 2.20. The zero-order chi connectivity index (χ0) is 15.3. The average molecular weight is 345 g/mol. The number of hydrogen-bond donors (Lipinski definition) is 1. The molecule has 0 aliphatic rings. The molecule has 1 N–H and O–H groups in total. The molecule has 0 radical (unpaired) electrons. The van der Waals surface area contributed by atoms with Crippen molar-refractivity contribution >= 4 is 21.6 Å². The third-order valence-corrected chi connectivity index (χ3v) is 4.40. The summed E-state index contributed by atoms with van der Waals surface area (Å²) in [5.41, 5.74) is 0.667. The molecule has 1 rings (SSSR count). The standard InChI is InChI=1S/C14H25BrN4O/c1-6-7-8-19-13(20)12(15)11(9-17-19)16-10-14(2,3)18(4)5/h9,16H,6-8,10H2,1-5H3. The number of aryl methyl sites for hydroxylation is 1. The molecule has 6 heteroatoms. The Labute approximate surface area is 129 Å². The molecular formula is C14H25BrN4O. The van der Waals surface area contributed by atoms with Crippen LogP contribution in [0.4, 0.5) is 5.69 Å². The van der Waals surface area contributed by atoms with Gasteiger partial charge in [-0.2, -0.15) is 5.10 Å². The van der Waals surface area contributed by atoms with E-state index in [9.17, 15) is 4.79 Å². The molecule has 0 aromatic carbocycles. The topological polar surface area (TPSA) is 50.2 Å². The number of nitrogens with one attached hydrogen (secondary N) is 1. The Balaban J connectivity index is 2.83. The Hall–Kier alpha value is -0.880. The lowest BCUT2D eigenvalue weighted by atomic mass is 10.0. The fourth-order valence-electron chi connectivity index (χ4n) is 1.53. The van der Waals surface area contributed by atoms with E-state index in [1.165, 1.54) is 4.68 Å². The molecule has 0 unspecified atom stereocenters. The van der Waals surface area contributed by atoms with Crippen LogP contribution in [0.5, 0.6) is 0 Å². The fraction of sp³-hybridized carbons (Fsp3) is 0.714. The zero-order valence-electron chi connectivity index (χ0n) is 13.0. The van der Waals surface area contributed by atoms with Crippen LogP contribution in [0.15, 0.2) is 15.5 Å². The van der Waals surface area contributed by atoms with Crippen LogP contribution >= 0.6 is 15.9 Å². The summed E-state index contributed by atoms with van der Waals surface area (Å²) >= 11 is 3.38. The van der Waals surface area contributed by atoms with Crippen molar-refractivity contribution in [2.75, 3.05) is 26.0 Å². The number of nitrogens with zero attached hydrogens (tertiary/aromatic N) is 3. The van der Waals surface area contributed by atoms with Gasteiger partial charge in [-0.15, -0.1) is 0 Å². The smallest absolute Gasteiger partial charge is 0.283 e. The Morgan fingerprint density at radius 1 is 1.45 bits per heavy atom. The second kappa shape index (κ2) is 7.22. The summed E-state index contributed by atoms with van der Waals surface area (Å²) in [6, 6.07) is 0. The van der Waals surface area contributed by atoms with Crippen LogP contribution in [-0.4, -0.2) is 40.9 Å². The van der Waals surface area contributed by atoms with E-state index in [0.717, 1.165) is 25.1 Å². The number of rotatable bonds is 7. The molecule has 1 aromatic rings. The fourth-order valence-corrected chi connectivity index (χ4v) is 1.97. The van der Waals surface area contributed by atoms with Gasteiger partial charge in [0.25, 0.3) is 5.56 Å². The zero-order valence-corrected chi connectivity index (χ0v) is 14.6. The van der Waals surface area contributed by atoms with Crippen molar-refractivity contribution in [2.24, 2.45) is 0 Å². The van der Waals surface area contributed by atoms with Crippen LogP contribution in [-0.2, 0) is 6.54 Å². The second-order valence-corrected chi connectivity index (χ2v) is 6.61. The molecule has 0 aliphatic heterocycles. The highest BCUT2D eigenvalue weighted by Crippen LogP contribution is 2.18. The van der Waals surface area contributed by atoms with Gasteiger partial charge in [0.2, 0.25) is 0 Å². The lowest BCUT2D eigenvalue weighted by Gasteiger charge is -2.33. The van der Waals surface area contributed by atoms with Crippen LogP contribution in [0.1, 0.15) is 33.6 Å². The predicted octanol–water partition coefficient (Wildman–Crippen LogP) is 2.56. The number of unbranched alkanes of at least 4 members (excludes halogenated alkanes) is 1. The van der Waals surface area contributed by atoms with E-state index in [0.29, 0.717) is 11.0 Å². The molecule has 114 valence electrons. The molecule has 5 nitrogen and oxygen atoms in total. The van der Waals surface area contributed by atoms with Gasteiger partial charge in [-0.3, -0.25) is 4.79 Å². The van der Waals surface area contributed by atoms with Crippen molar-refractivity contribution in [1.29, 1.82) is 0 Å². The molecule has 20 heavy (non-hydrogen) atoms. The van der Waals surface area contributed by atoms with Gasteiger partial charge in [-0.25, -0.2) is 4.68 Å². The molecule has 1 aromatic heterocycles. The normalized spacial score (nSPS) is 11.9. The van der Waals surface area contributed by atoms with E-state index >= 15 is 0 Å². The Morgan fingerprint density at radius 3 is 2.65 bits per heavy atom. The van der Waals surface area contributed by atoms with Crippen molar-refractivity contribution in [3.05, 3.63) is 21.0 Å². The maximum absolute atomic E-state index is 12.2. The number of hydrogen-bond acceptors (Lipinski definition) is 4. The lowest BCUT2D eigenvalue weighted by Crippen LogP contribution is -2.44. The minimum Gasteiger partial charge on any atom is -0.381 e. The molecule has 1 heterocycles. The molecule has 0 amide bonds. The van der Waals surface area contributed by atoms with E-state index in [1.807, 2.05) is 14.1 Å². The third-order valence-electron chi connectivity index (χ3n) is 3.63. The molecule has 0 fully saturated rings. The van der Waals surface area contributed by atoms with Gasteiger partial charge < -0.3 is 10.2 Å². The van der Waals surface area contributed by atoms with Crippen LogP contribution in [0.25, 0.3) is 0 Å². The van der Waals surface area contributed by atoms with E-state index in [-0.39, 0.29) is 11.1 Å². The van der Waals surface area contributed by atoms with Gasteiger partial charge in [0.05, 0.1) is 11.9 Å². The third kappa shape index (κ3) is 4.31. The summed E-state index contributed by atoms with van der Waals surface area (Å²) in [7, 11) is 4.08. The number of halogens is 1. The number of aromatic nitrogens is 2. The molecule has 0 bridgehead atoms. The highest BCUT2D eigenvalue weighted by atomic mass is 79.9. The SMILES string of the molecule is CCCCn1ncc(NCC(C)(C)N(C)C)c(Br)c1=O. The summed E-state index contributed by atoms with van der Waals surface area (Å²) in [6.45, 7) is 7.78. The summed E-state index contributed by atoms with van der Waals surface area (Å²) in [5, 5.41) is 7.51. The monoisotopic (exact) mass is 344 g/mol. The largest absolute Gasteiger partial charge is 0.381 e. The molecule has 0 spiro atoms. The Kier molecular flexibility index (Phi) is 6.20. The van der Waals surface area contributed by atoms with Crippen molar-refractivity contribution in [1.82, 2.24) is 14.7 Å². The average Bonchev–Trinajstić information content (AvgIpc) is 2.39. The maximum atomic E-state index is 12.2. The van der Waals surface area contributed by atoms with Crippen LogP contribution in [0.2, 0.25) is 0 Å².